The van der Waals surface area contributed by atoms with Gasteiger partial charge in [0.05, 0.1) is 0 Å². The highest BCUT2D eigenvalue weighted by molar-refractivity contribution is 6.00. The lowest BCUT2D eigenvalue weighted by Crippen LogP contribution is -2.41. The van der Waals surface area contributed by atoms with Crippen molar-refractivity contribution in [3.63, 3.8) is 0 Å². The summed E-state index contributed by atoms with van der Waals surface area (Å²) >= 11 is 0. The zero-order chi connectivity index (χ0) is 15.8. The monoisotopic (exact) mass is 349 g/mol. The van der Waals surface area contributed by atoms with E-state index in [0.717, 1.165) is 50.1 Å². The number of halogens is 1. The number of nitrogens with one attached hydrogen (secondary N) is 1. The van der Waals surface area contributed by atoms with Gasteiger partial charge in [-0.25, -0.2) is 0 Å². The lowest BCUT2D eigenvalue weighted by Gasteiger charge is -2.24. The normalized spacial score (nSPS) is 25.8. The molecule has 4 rings (SSSR count). The van der Waals surface area contributed by atoms with Crippen molar-refractivity contribution in [3.8, 4) is 0 Å². The fourth-order valence-electron chi connectivity index (χ4n) is 4.17. The molecule has 2 amide bonds. The van der Waals surface area contributed by atoms with Gasteiger partial charge in [0.2, 0.25) is 5.91 Å². The summed E-state index contributed by atoms with van der Waals surface area (Å²) in [5.41, 5.74) is 1.78. The van der Waals surface area contributed by atoms with Gasteiger partial charge in [-0.2, -0.15) is 0 Å². The van der Waals surface area contributed by atoms with Crippen LogP contribution in [0.25, 0.3) is 0 Å². The molecule has 0 unspecified atom stereocenters. The van der Waals surface area contributed by atoms with Crippen LogP contribution in [0.2, 0.25) is 0 Å². The Bertz CT molecular complexity index is 622. The number of hydrogen-bond donors (Lipinski definition) is 1. The van der Waals surface area contributed by atoms with Crippen LogP contribution in [-0.2, 0) is 11.3 Å². The van der Waals surface area contributed by atoms with Gasteiger partial charge in [0.25, 0.3) is 5.91 Å². The Labute approximate surface area is 148 Å². The maximum absolute atomic E-state index is 12.6. The molecular weight excluding hydrogens is 326 g/mol. The number of hydrogen-bond acceptors (Lipinski definition) is 3. The fraction of sp³-hybridized carbons (Fsp3) is 0.556. The molecule has 0 spiro atoms. The van der Waals surface area contributed by atoms with Crippen molar-refractivity contribution in [2.75, 3.05) is 32.7 Å². The van der Waals surface area contributed by atoms with E-state index in [1.54, 1.807) is 4.90 Å². The number of fused-ring (bicyclic) bond motifs is 2. The first-order valence-electron chi connectivity index (χ1n) is 8.58. The standard InChI is InChI=1S/C18H23N3O2.ClH/c22-17(20-7-5-13-9-19-10-14(13)6-8-20)12-21-11-15-3-1-2-4-16(15)18(21)23;/h1-4,13-14,19H,5-12H2;1H/t13-,14+;. The number of carbonyl (C=O) groups excluding carboxylic acids is 2. The van der Waals surface area contributed by atoms with E-state index in [1.165, 1.54) is 0 Å². The lowest BCUT2D eigenvalue weighted by atomic mass is 9.92. The molecule has 3 aliphatic heterocycles. The molecular formula is C18H24ClN3O2. The first-order chi connectivity index (χ1) is 11.2. The number of carbonyl (C=O) groups is 2. The first kappa shape index (κ1) is 17.2. The van der Waals surface area contributed by atoms with E-state index in [1.807, 2.05) is 29.2 Å². The topological polar surface area (TPSA) is 52.7 Å². The van der Waals surface area contributed by atoms with Crippen LogP contribution in [0, 0.1) is 11.8 Å². The minimum absolute atomic E-state index is 0. The maximum Gasteiger partial charge on any atom is 0.254 e. The molecule has 24 heavy (non-hydrogen) atoms. The molecule has 0 aliphatic carbocycles. The summed E-state index contributed by atoms with van der Waals surface area (Å²) in [4.78, 5) is 28.7. The van der Waals surface area contributed by atoms with Crippen LogP contribution in [0.1, 0.15) is 28.8 Å². The van der Waals surface area contributed by atoms with Crippen LogP contribution in [0.3, 0.4) is 0 Å². The van der Waals surface area contributed by atoms with Gasteiger partial charge in [0.15, 0.2) is 0 Å². The molecule has 1 aromatic carbocycles. The quantitative estimate of drug-likeness (QED) is 0.880. The summed E-state index contributed by atoms with van der Waals surface area (Å²) in [7, 11) is 0. The van der Waals surface area contributed by atoms with Crippen LogP contribution in [0.5, 0.6) is 0 Å². The average Bonchev–Trinajstić information content (AvgIpc) is 3.07. The summed E-state index contributed by atoms with van der Waals surface area (Å²) in [6, 6.07) is 7.64. The predicted octanol–water partition coefficient (Wildman–Crippen LogP) is 1.52. The van der Waals surface area contributed by atoms with Crippen LogP contribution >= 0.6 is 12.4 Å². The fourth-order valence-corrected chi connectivity index (χ4v) is 4.17. The first-order valence-corrected chi connectivity index (χ1v) is 8.58. The minimum Gasteiger partial charge on any atom is -0.341 e. The van der Waals surface area contributed by atoms with Crippen molar-refractivity contribution >= 4 is 24.2 Å². The SMILES string of the molecule is Cl.O=C(CN1Cc2ccccc2C1=O)N1CC[C@@H]2CNC[C@@H]2CC1. The number of likely N-dealkylation sites (tertiary alicyclic amines) is 1. The van der Waals surface area contributed by atoms with E-state index in [-0.39, 0.29) is 30.8 Å². The Morgan fingerprint density at radius 3 is 2.46 bits per heavy atom. The molecule has 0 saturated carbocycles. The average molecular weight is 350 g/mol. The zero-order valence-corrected chi connectivity index (χ0v) is 14.6. The molecule has 3 aliphatic rings. The molecule has 3 heterocycles. The van der Waals surface area contributed by atoms with Gasteiger partial charge >= 0.3 is 0 Å². The summed E-state index contributed by atoms with van der Waals surface area (Å²) in [5.74, 6) is 1.51. The second-order valence-electron chi connectivity index (χ2n) is 6.95. The van der Waals surface area contributed by atoms with E-state index in [9.17, 15) is 9.59 Å². The van der Waals surface area contributed by atoms with E-state index in [4.69, 9.17) is 0 Å². The van der Waals surface area contributed by atoms with Crippen LogP contribution in [-0.4, -0.2) is 54.3 Å². The van der Waals surface area contributed by atoms with Gasteiger partial charge in [0.1, 0.15) is 6.54 Å². The van der Waals surface area contributed by atoms with Crippen molar-refractivity contribution in [3.05, 3.63) is 35.4 Å². The third kappa shape index (κ3) is 3.15. The molecule has 2 saturated heterocycles. The Hall–Kier alpha value is -1.59. The van der Waals surface area contributed by atoms with Crippen molar-refractivity contribution in [2.45, 2.75) is 19.4 Å². The number of amides is 2. The van der Waals surface area contributed by atoms with Gasteiger partial charge in [-0.1, -0.05) is 18.2 Å². The molecule has 1 N–H and O–H groups in total. The summed E-state index contributed by atoms with van der Waals surface area (Å²) in [6.45, 7) is 4.61. The maximum atomic E-state index is 12.6. The van der Waals surface area contributed by atoms with E-state index in [2.05, 4.69) is 5.32 Å². The molecule has 2 fully saturated rings. The van der Waals surface area contributed by atoms with Gasteiger partial charge in [0, 0.05) is 25.2 Å². The largest absolute Gasteiger partial charge is 0.341 e. The van der Waals surface area contributed by atoms with Crippen molar-refractivity contribution in [1.29, 1.82) is 0 Å². The van der Waals surface area contributed by atoms with Gasteiger partial charge < -0.3 is 15.1 Å². The number of benzene rings is 1. The third-order valence-electron chi connectivity index (χ3n) is 5.59. The molecule has 1 aromatic rings. The minimum atomic E-state index is -0.00941. The molecule has 0 radical (unpaired) electrons. The van der Waals surface area contributed by atoms with Gasteiger partial charge in [-0.3, -0.25) is 9.59 Å². The zero-order valence-electron chi connectivity index (χ0n) is 13.7. The highest BCUT2D eigenvalue weighted by Gasteiger charge is 2.33. The van der Waals surface area contributed by atoms with Crippen molar-refractivity contribution < 1.29 is 9.59 Å². The Balaban J connectivity index is 0.00000169. The van der Waals surface area contributed by atoms with Gasteiger partial charge in [-0.05, 0) is 49.4 Å². The highest BCUT2D eigenvalue weighted by atomic mass is 35.5. The van der Waals surface area contributed by atoms with Crippen LogP contribution in [0.4, 0.5) is 0 Å². The molecule has 6 heteroatoms. The second-order valence-corrected chi connectivity index (χ2v) is 6.95. The second kappa shape index (κ2) is 7.11. The van der Waals surface area contributed by atoms with Crippen molar-refractivity contribution in [1.82, 2.24) is 15.1 Å². The summed E-state index contributed by atoms with van der Waals surface area (Å²) < 4.78 is 0. The third-order valence-corrected chi connectivity index (χ3v) is 5.59. The lowest BCUT2D eigenvalue weighted by molar-refractivity contribution is -0.132. The Morgan fingerprint density at radius 2 is 1.79 bits per heavy atom. The van der Waals surface area contributed by atoms with E-state index < -0.39 is 0 Å². The van der Waals surface area contributed by atoms with E-state index in [0.29, 0.717) is 18.4 Å². The van der Waals surface area contributed by atoms with Crippen molar-refractivity contribution in [2.24, 2.45) is 11.8 Å². The highest BCUT2D eigenvalue weighted by Crippen LogP contribution is 2.27. The number of nitrogens with zero attached hydrogens (tertiary/aromatic N) is 2. The Morgan fingerprint density at radius 1 is 1.12 bits per heavy atom. The molecule has 0 aromatic heterocycles. The molecule has 0 bridgehead atoms. The predicted molar refractivity (Wildman–Crippen MR) is 94.1 cm³/mol. The molecule has 130 valence electrons. The summed E-state index contributed by atoms with van der Waals surface area (Å²) in [6.07, 6.45) is 2.16. The molecule has 5 nitrogen and oxygen atoms in total. The van der Waals surface area contributed by atoms with Crippen LogP contribution in [0.15, 0.2) is 24.3 Å². The van der Waals surface area contributed by atoms with Gasteiger partial charge in [-0.15, -0.1) is 12.4 Å². The molecule has 2 atom stereocenters. The van der Waals surface area contributed by atoms with E-state index >= 15 is 0 Å². The van der Waals surface area contributed by atoms with Crippen LogP contribution < -0.4 is 5.32 Å². The Kier molecular flexibility index (Phi) is 5.11. The number of rotatable bonds is 2. The summed E-state index contributed by atoms with van der Waals surface area (Å²) in [5, 5.41) is 3.45. The smallest absolute Gasteiger partial charge is 0.254 e.